The maximum Gasteiger partial charge on any atom is 0.264 e. The molecule has 0 spiro atoms. The molecule has 0 saturated heterocycles. The van der Waals surface area contributed by atoms with E-state index in [1.54, 1.807) is 13.8 Å². The summed E-state index contributed by atoms with van der Waals surface area (Å²) in [4.78, 5) is 9.78. The van der Waals surface area contributed by atoms with Gasteiger partial charge in [-0.1, -0.05) is 13.8 Å². The molecule has 4 nitrogen and oxygen atoms in total. The Morgan fingerprint density at radius 1 is 1.50 bits per heavy atom. The molecule has 0 aromatic rings. The molecule has 4 heteroatoms. The summed E-state index contributed by atoms with van der Waals surface area (Å²) in [5.41, 5.74) is 5.89. The van der Waals surface area contributed by atoms with E-state index in [0.717, 1.165) is 0 Å². The predicted octanol–water partition coefficient (Wildman–Crippen LogP) is 1.25. The van der Waals surface area contributed by atoms with Crippen molar-refractivity contribution in [3.63, 3.8) is 0 Å². The predicted molar refractivity (Wildman–Crippen MR) is 38.8 cm³/mol. The lowest BCUT2D eigenvalue weighted by atomic mass is 10.2. The standard InChI is InChI=1S/C6H12N2O2/c1-3-5(7)6(4-2)8(9)10/h3-4,7H2,1-2H3/b6-5-. The Morgan fingerprint density at radius 3 is 2.10 bits per heavy atom. The van der Waals surface area contributed by atoms with Crippen LogP contribution in [0.3, 0.4) is 0 Å². The molecule has 0 rings (SSSR count). The second-order valence-electron chi connectivity index (χ2n) is 1.94. The molecule has 2 N–H and O–H groups in total. The van der Waals surface area contributed by atoms with Gasteiger partial charge in [-0.15, -0.1) is 0 Å². The molecule has 0 bridgehead atoms. The van der Waals surface area contributed by atoms with Gasteiger partial charge >= 0.3 is 0 Å². The highest BCUT2D eigenvalue weighted by Gasteiger charge is 2.10. The Labute approximate surface area is 59.9 Å². The van der Waals surface area contributed by atoms with E-state index in [1.165, 1.54) is 0 Å². The maximum atomic E-state index is 10.2. The second kappa shape index (κ2) is 3.87. The van der Waals surface area contributed by atoms with E-state index in [1.807, 2.05) is 0 Å². The summed E-state index contributed by atoms with van der Waals surface area (Å²) in [6.45, 7) is 3.52. The molecule has 0 aliphatic heterocycles. The van der Waals surface area contributed by atoms with Gasteiger partial charge in [0.05, 0.1) is 10.6 Å². The normalized spacial score (nSPS) is 12.6. The fourth-order valence-electron chi connectivity index (χ4n) is 0.677. The van der Waals surface area contributed by atoms with Gasteiger partial charge in [-0.25, -0.2) is 0 Å². The van der Waals surface area contributed by atoms with E-state index in [4.69, 9.17) is 5.73 Å². The van der Waals surface area contributed by atoms with Gasteiger partial charge in [0.1, 0.15) is 0 Å². The molecule has 0 unspecified atom stereocenters. The number of rotatable bonds is 3. The topological polar surface area (TPSA) is 69.2 Å². The van der Waals surface area contributed by atoms with Crippen molar-refractivity contribution >= 4 is 0 Å². The molecule has 0 amide bonds. The summed E-state index contributed by atoms with van der Waals surface area (Å²) in [7, 11) is 0. The SMILES string of the molecule is CC/C(N)=C(\CC)[N+](=O)[O-]. The van der Waals surface area contributed by atoms with Crippen LogP contribution in [0.4, 0.5) is 0 Å². The van der Waals surface area contributed by atoms with E-state index in [9.17, 15) is 10.1 Å². The highest BCUT2D eigenvalue weighted by Crippen LogP contribution is 2.06. The summed E-state index contributed by atoms with van der Waals surface area (Å²) in [5, 5.41) is 10.2. The van der Waals surface area contributed by atoms with Gasteiger partial charge < -0.3 is 5.73 Å². The molecule has 0 saturated carbocycles. The zero-order chi connectivity index (χ0) is 8.15. The fraction of sp³-hybridized carbons (Fsp3) is 0.667. The molecule has 10 heavy (non-hydrogen) atoms. The van der Waals surface area contributed by atoms with Crippen LogP contribution in [0.1, 0.15) is 26.7 Å². The zero-order valence-electron chi connectivity index (χ0n) is 6.26. The van der Waals surface area contributed by atoms with Crippen LogP contribution < -0.4 is 5.73 Å². The van der Waals surface area contributed by atoms with Crippen molar-refractivity contribution in [2.24, 2.45) is 5.73 Å². The summed E-state index contributed by atoms with van der Waals surface area (Å²) >= 11 is 0. The first kappa shape index (κ1) is 8.94. The summed E-state index contributed by atoms with van der Waals surface area (Å²) < 4.78 is 0. The summed E-state index contributed by atoms with van der Waals surface area (Å²) in [5.74, 6) is 0. The first-order chi connectivity index (χ1) is 4.63. The molecule has 0 aromatic carbocycles. The molecular weight excluding hydrogens is 132 g/mol. The van der Waals surface area contributed by atoms with Crippen molar-refractivity contribution in [3.05, 3.63) is 21.5 Å². The van der Waals surface area contributed by atoms with Crippen LogP contribution in [0.15, 0.2) is 11.4 Å². The first-order valence-corrected chi connectivity index (χ1v) is 3.25. The Bertz CT molecular complexity index is 163. The Balaban J connectivity index is 4.45. The van der Waals surface area contributed by atoms with Gasteiger partial charge in [-0.05, 0) is 6.42 Å². The van der Waals surface area contributed by atoms with Gasteiger partial charge in [-0.2, -0.15) is 0 Å². The van der Waals surface area contributed by atoms with E-state index >= 15 is 0 Å². The number of nitrogens with zero attached hydrogens (tertiary/aromatic N) is 1. The molecule has 0 aliphatic rings. The van der Waals surface area contributed by atoms with E-state index < -0.39 is 4.92 Å². The van der Waals surface area contributed by atoms with Crippen LogP contribution in [0.25, 0.3) is 0 Å². The molecule has 0 heterocycles. The lowest BCUT2D eigenvalue weighted by Gasteiger charge is -1.97. The minimum absolute atomic E-state index is 0.141. The number of nitrogens with two attached hydrogens (primary N) is 1. The second-order valence-corrected chi connectivity index (χ2v) is 1.94. The maximum absolute atomic E-state index is 10.2. The number of hydrogen-bond donors (Lipinski definition) is 1. The van der Waals surface area contributed by atoms with Crippen LogP contribution in [-0.2, 0) is 0 Å². The quantitative estimate of drug-likeness (QED) is 0.478. The smallest absolute Gasteiger partial charge is 0.264 e. The van der Waals surface area contributed by atoms with Gasteiger partial charge in [0.25, 0.3) is 5.70 Å². The van der Waals surface area contributed by atoms with Crippen molar-refractivity contribution in [2.75, 3.05) is 0 Å². The van der Waals surface area contributed by atoms with E-state index in [0.29, 0.717) is 18.5 Å². The van der Waals surface area contributed by atoms with Crippen molar-refractivity contribution < 1.29 is 4.92 Å². The lowest BCUT2D eigenvalue weighted by Crippen LogP contribution is -2.08. The van der Waals surface area contributed by atoms with E-state index in [-0.39, 0.29) is 5.70 Å². The van der Waals surface area contributed by atoms with E-state index in [2.05, 4.69) is 0 Å². The Hall–Kier alpha value is -1.06. The third-order valence-electron chi connectivity index (χ3n) is 1.31. The monoisotopic (exact) mass is 144 g/mol. The van der Waals surface area contributed by atoms with Crippen molar-refractivity contribution in [3.8, 4) is 0 Å². The average molecular weight is 144 g/mol. The van der Waals surface area contributed by atoms with Crippen molar-refractivity contribution in [2.45, 2.75) is 26.7 Å². The molecule has 0 aliphatic carbocycles. The molecule has 0 radical (unpaired) electrons. The molecule has 0 aromatic heterocycles. The average Bonchev–Trinajstić information content (AvgIpc) is 1.88. The molecule has 0 atom stereocenters. The van der Waals surface area contributed by atoms with Crippen LogP contribution in [0, 0.1) is 10.1 Å². The Kier molecular flexibility index (Phi) is 3.46. The third kappa shape index (κ3) is 2.05. The van der Waals surface area contributed by atoms with Crippen LogP contribution in [-0.4, -0.2) is 4.92 Å². The van der Waals surface area contributed by atoms with Gasteiger partial charge in [-0.3, -0.25) is 10.1 Å². The third-order valence-corrected chi connectivity index (χ3v) is 1.31. The lowest BCUT2D eigenvalue weighted by molar-refractivity contribution is -0.429. The van der Waals surface area contributed by atoms with Crippen molar-refractivity contribution in [1.82, 2.24) is 0 Å². The molecular formula is C6H12N2O2. The van der Waals surface area contributed by atoms with Crippen molar-refractivity contribution in [1.29, 1.82) is 0 Å². The first-order valence-electron chi connectivity index (χ1n) is 3.25. The van der Waals surface area contributed by atoms with Crippen LogP contribution in [0.2, 0.25) is 0 Å². The highest BCUT2D eigenvalue weighted by molar-refractivity contribution is 5.01. The number of allylic oxidation sites excluding steroid dienone is 2. The van der Waals surface area contributed by atoms with Gasteiger partial charge in [0.2, 0.25) is 0 Å². The summed E-state index contributed by atoms with van der Waals surface area (Å²) in [6, 6.07) is 0. The molecule has 0 fully saturated rings. The minimum Gasteiger partial charge on any atom is -0.397 e. The van der Waals surface area contributed by atoms with Crippen LogP contribution in [0.5, 0.6) is 0 Å². The minimum atomic E-state index is -0.418. The fourth-order valence-corrected chi connectivity index (χ4v) is 0.677. The highest BCUT2D eigenvalue weighted by atomic mass is 16.6. The van der Waals surface area contributed by atoms with Crippen LogP contribution >= 0.6 is 0 Å². The summed E-state index contributed by atoms with van der Waals surface area (Å²) in [6.07, 6.45) is 0.941. The zero-order valence-corrected chi connectivity index (χ0v) is 6.26. The Morgan fingerprint density at radius 2 is 2.00 bits per heavy atom. The number of hydrogen-bond acceptors (Lipinski definition) is 3. The van der Waals surface area contributed by atoms with Gasteiger partial charge in [0, 0.05) is 6.42 Å². The molecule has 58 valence electrons. The van der Waals surface area contributed by atoms with Gasteiger partial charge in [0.15, 0.2) is 0 Å². The number of nitro groups is 1. The largest absolute Gasteiger partial charge is 0.397 e.